The molecule has 6 nitrogen and oxygen atoms in total. The quantitative estimate of drug-likeness (QED) is 0.820. The number of carbonyl (C=O) groups is 3. The molecule has 118 valence electrons. The molecule has 1 aromatic carbocycles. The van der Waals surface area contributed by atoms with Crippen LogP contribution < -0.4 is 10.6 Å². The fourth-order valence-corrected chi connectivity index (χ4v) is 2.44. The summed E-state index contributed by atoms with van der Waals surface area (Å²) in [6.07, 6.45) is 4.11. The first kappa shape index (κ1) is 16.0. The maximum atomic E-state index is 12.1. The number of rotatable bonds is 2. The van der Waals surface area contributed by atoms with Crippen molar-refractivity contribution in [3.8, 4) is 0 Å². The Hall–Kier alpha value is -2.37. The van der Waals surface area contributed by atoms with Crippen molar-refractivity contribution >= 4 is 29.1 Å². The van der Waals surface area contributed by atoms with Gasteiger partial charge in [-0.25, -0.2) is 0 Å². The van der Waals surface area contributed by atoms with Gasteiger partial charge in [0.25, 0.3) is 0 Å². The summed E-state index contributed by atoms with van der Waals surface area (Å²) < 4.78 is 0. The van der Waals surface area contributed by atoms with E-state index >= 15 is 0 Å². The second-order valence-corrected chi connectivity index (χ2v) is 5.42. The van der Waals surface area contributed by atoms with Crippen LogP contribution in [0.5, 0.6) is 0 Å². The average molecular weight is 303 g/mol. The van der Waals surface area contributed by atoms with Gasteiger partial charge in [-0.2, -0.15) is 0 Å². The zero-order chi connectivity index (χ0) is 15.9. The molecule has 0 radical (unpaired) electrons. The predicted molar refractivity (Wildman–Crippen MR) is 84.4 cm³/mol. The summed E-state index contributed by atoms with van der Waals surface area (Å²) in [6.45, 7) is 2.72. The summed E-state index contributed by atoms with van der Waals surface area (Å²) in [4.78, 5) is 36.7. The van der Waals surface area contributed by atoms with E-state index in [0.717, 1.165) is 25.7 Å². The Morgan fingerprint density at radius 3 is 1.86 bits per heavy atom. The van der Waals surface area contributed by atoms with Crippen molar-refractivity contribution in [3.05, 3.63) is 24.3 Å². The molecule has 1 fully saturated rings. The van der Waals surface area contributed by atoms with Crippen molar-refractivity contribution < 1.29 is 14.4 Å². The van der Waals surface area contributed by atoms with Crippen LogP contribution in [-0.4, -0.2) is 35.7 Å². The molecule has 2 rings (SSSR count). The summed E-state index contributed by atoms with van der Waals surface area (Å²) in [6, 6.07) is 6.65. The Morgan fingerprint density at radius 1 is 0.864 bits per heavy atom. The molecule has 0 aliphatic carbocycles. The van der Waals surface area contributed by atoms with Crippen molar-refractivity contribution in [1.82, 2.24) is 4.90 Å². The molecule has 1 aliphatic rings. The van der Waals surface area contributed by atoms with E-state index < -0.39 is 11.8 Å². The molecule has 22 heavy (non-hydrogen) atoms. The molecule has 0 aromatic heterocycles. The van der Waals surface area contributed by atoms with Gasteiger partial charge in [0.1, 0.15) is 0 Å². The molecule has 0 saturated carbocycles. The van der Waals surface area contributed by atoms with E-state index in [9.17, 15) is 14.4 Å². The van der Waals surface area contributed by atoms with Crippen LogP contribution in [0.3, 0.4) is 0 Å². The van der Waals surface area contributed by atoms with Gasteiger partial charge in [-0.15, -0.1) is 0 Å². The topological polar surface area (TPSA) is 78.5 Å². The van der Waals surface area contributed by atoms with Gasteiger partial charge in [0, 0.05) is 31.4 Å². The van der Waals surface area contributed by atoms with Crippen LogP contribution in [0.25, 0.3) is 0 Å². The number of amides is 3. The first-order valence-electron chi connectivity index (χ1n) is 7.54. The van der Waals surface area contributed by atoms with Crippen molar-refractivity contribution in [2.75, 3.05) is 23.7 Å². The zero-order valence-corrected chi connectivity index (χ0v) is 12.7. The number of nitrogens with zero attached hydrogens (tertiary/aromatic N) is 1. The molecule has 0 atom stereocenters. The number of hydrogen-bond acceptors (Lipinski definition) is 3. The fraction of sp³-hybridized carbons (Fsp3) is 0.438. The summed E-state index contributed by atoms with van der Waals surface area (Å²) in [5, 5.41) is 5.24. The third-order valence-electron chi connectivity index (χ3n) is 3.55. The molecule has 0 bridgehead atoms. The highest BCUT2D eigenvalue weighted by atomic mass is 16.2. The Bertz CT molecular complexity index is 546. The average Bonchev–Trinajstić information content (AvgIpc) is 2.77. The minimum Gasteiger partial charge on any atom is -0.334 e. The molecule has 6 heteroatoms. The molecule has 0 spiro atoms. The zero-order valence-electron chi connectivity index (χ0n) is 12.7. The van der Waals surface area contributed by atoms with Crippen LogP contribution in [-0.2, 0) is 14.4 Å². The minimum absolute atomic E-state index is 0.159. The molecule has 1 heterocycles. The second-order valence-electron chi connectivity index (χ2n) is 5.42. The minimum atomic E-state index is -0.617. The Morgan fingerprint density at radius 2 is 1.36 bits per heavy atom. The van der Waals surface area contributed by atoms with E-state index in [1.165, 1.54) is 6.92 Å². The smallest absolute Gasteiger partial charge is 0.313 e. The molecular formula is C16H21N3O3. The van der Waals surface area contributed by atoms with Crippen molar-refractivity contribution in [2.45, 2.75) is 32.6 Å². The van der Waals surface area contributed by atoms with E-state index in [1.54, 1.807) is 29.2 Å². The lowest BCUT2D eigenvalue weighted by Gasteiger charge is -2.19. The lowest BCUT2D eigenvalue weighted by molar-refractivity contribution is -0.143. The van der Waals surface area contributed by atoms with E-state index in [1.807, 2.05) is 0 Å². The lowest BCUT2D eigenvalue weighted by Crippen LogP contribution is -2.40. The molecule has 1 saturated heterocycles. The van der Waals surface area contributed by atoms with Crippen LogP contribution in [0.2, 0.25) is 0 Å². The van der Waals surface area contributed by atoms with Crippen LogP contribution in [0.15, 0.2) is 24.3 Å². The molecule has 3 amide bonds. The van der Waals surface area contributed by atoms with Crippen LogP contribution in [0.1, 0.15) is 32.6 Å². The van der Waals surface area contributed by atoms with Crippen LogP contribution >= 0.6 is 0 Å². The summed E-state index contributed by atoms with van der Waals surface area (Å²) >= 11 is 0. The second kappa shape index (κ2) is 7.59. The van der Waals surface area contributed by atoms with Gasteiger partial charge in [-0.05, 0) is 37.1 Å². The van der Waals surface area contributed by atoms with Gasteiger partial charge in [0.05, 0.1) is 0 Å². The maximum absolute atomic E-state index is 12.1. The van der Waals surface area contributed by atoms with Gasteiger partial charge >= 0.3 is 11.8 Å². The third-order valence-corrected chi connectivity index (χ3v) is 3.55. The van der Waals surface area contributed by atoms with Gasteiger partial charge in [-0.1, -0.05) is 12.8 Å². The van der Waals surface area contributed by atoms with Gasteiger partial charge < -0.3 is 15.5 Å². The highest BCUT2D eigenvalue weighted by Crippen LogP contribution is 2.14. The SMILES string of the molecule is CC(=O)Nc1ccc(NC(=O)C(=O)N2CCCCCC2)cc1. The predicted octanol–water partition coefficient (Wildman–Crippen LogP) is 1.99. The van der Waals surface area contributed by atoms with Gasteiger partial charge in [-0.3, -0.25) is 14.4 Å². The normalized spacial score (nSPS) is 14.9. The van der Waals surface area contributed by atoms with Crippen molar-refractivity contribution in [2.24, 2.45) is 0 Å². The summed E-state index contributed by atoms with van der Waals surface area (Å²) in [5.74, 6) is -1.25. The molecule has 0 unspecified atom stereocenters. The van der Waals surface area contributed by atoms with E-state index in [4.69, 9.17) is 0 Å². The number of likely N-dealkylation sites (tertiary alicyclic amines) is 1. The molecule has 2 N–H and O–H groups in total. The monoisotopic (exact) mass is 303 g/mol. The first-order valence-corrected chi connectivity index (χ1v) is 7.54. The largest absolute Gasteiger partial charge is 0.334 e. The Kier molecular flexibility index (Phi) is 5.52. The number of hydrogen-bond donors (Lipinski definition) is 2. The molecule has 1 aliphatic heterocycles. The Balaban J connectivity index is 1.92. The van der Waals surface area contributed by atoms with Crippen molar-refractivity contribution in [3.63, 3.8) is 0 Å². The summed E-state index contributed by atoms with van der Waals surface area (Å²) in [5.41, 5.74) is 1.17. The fourth-order valence-electron chi connectivity index (χ4n) is 2.44. The Labute approximate surface area is 129 Å². The van der Waals surface area contributed by atoms with Crippen molar-refractivity contribution in [1.29, 1.82) is 0 Å². The summed E-state index contributed by atoms with van der Waals surface area (Å²) in [7, 11) is 0. The maximum Gasteiger partial charge on any atom is 0.313 e. The number of carbonyl (C=O) groups excluding carboxylic acids is 3. The third kappa shape index (κ3) is 4.58. The van der Waals surface area contributed by atoms with Crippen LogP contribution in [0, 0.1) is 0 Å². The molecular weight excluding hydrogens is 282 g/mol. The number of anilines is 2. The number of benzene rings is 1. The highest BCUT2D eigenvalue weighted by Gasteiger charge is 2.22. The highest BCUT2D eigenvalue weighted by molar-refractivity contribution is 6.39. The molecule has 1 aromatic rings. The van der Waals surface area contributed by atoms with E-state index in [2.05, 4.69) is 10.6 Å². The first-order chi connectivity index (χ1) is 10.6. The lowest BCUT2D eigenvalue weighted by atomic mass is 10.2. The van der Waals surface area contributed by atoms with Gasteiger partial charge in [0.15, 0.2) is 0 Å². The van der Waals surface area contributed by atoms with E-state index in [0.29, 0.717) is 24.5 Å². The van der Waals surface area contributed by atoms with Gasteiger partial charge in [0.2, 0.25) is 5.91 Å². The van der Waals surface area contributed by atoms with E-state index in [-0.39, 0.29) is 5.91 Å². The standard InChI is InChI=1S/C16H21N3O3/c1-12(20)17-13-6-8-14(9-7-13)18-15(21)16(22)19-10-4-2-3-5-11-19/h6-9H,2-5,10-11H2,1H3,(H,17,20)(H,18,21). The van der Waals surface area contributed by atoms with Crippen LogP contribution in [0.4, 0.5) is 11.4 Å². The number of nitrogens with one attached hydrogen (secondary N) is 2.